The van der Waals surface area contributed by atoms with Crippen molar-refractivity contribution in [1.82, 2.24) is 9.78 Å². The van der Waals surface area contributed by atoms with Crippen LogP contribution in [0.25, 0.3) is 0 Å². The van der Waals surface area contributed by atoms with Crippen LogP contribution in [0.3, 0.4) is 0 Å². The van der Waals surface area contributed by atoms with Crippen molar-refractivity contribution in [2.24, 2.45) is 5.18 Å². The fraction of sp³-hybridized carbons (Fsp3) is 0.500. The Kier molecular flexibility index (Phi) is 2.64. The molecule has 0 fully saturated rings. The zero-order valence-electron chi connectivity index (χ0n) is 8.22. The van der Waals surface area contributed by atoms with Crippen molar-refractivity contribution in [3.05, 3.63) is 17.2 Å². The van der Waals surface area contributed by atoms with Gasteiger partial charge in [0.05, 0.1) is 0 Å². The van der Waals surface area contributed by atoms with Gasteiger partial charge < -0.3 is 4.74 Å². The zero-order valence-corrected chi connectivity index (χ0v) is 8.22. The molecule has 1 rings (SSSR count). The lowest BCUT2D eigenvalue weighted by atomic mass is 10.2. The van der Waals surface area contributed by atoms with E-state index in [9.17, 15) is 9.70 Å². The van der Waals surface area contributed by atoms with Gasteiger partial charge >= 0.3 is 6.09 Å². The molecule has 0 bridgehead atoms. The molecule has 1 aromatic rings. The molecule has 0 N–H and O–H groups in total. The molecule has 0 aliphatic carbocycles. The number of ether oxygens (including phenoxy) is 1. The lowest BCUT2D eigenvalue weighted by molar-refractivity contribution is 0.0515. The van der Waals surface area contributed by atoms with Gasteiger partial charge in [0.15, 0.2) is 0 Å². The molecule has 0 saturated carbocycles. The van der Waals surface area contributed by atoms with Crippen molar-refractivity contribution in [2.75, 3.05) is 0 Å². The van der Waals surface area contributed by atoms with Crippen molar-refractivity contribution in [3.8, 4) is 0 Å². The lowest BCUT2D eigenvalue weighted by Crippen LogP contribution is -2.27. The van der Waals surface area contributed by atoms with Gasteiger partial charge in [-0.2, -0.15) is 4.68 Å². The highest BCUT2D eigenvalue weighted by Crippen LogP contribution is 2.10. The first-order chi connectivity index (χ1) is 6.42. The summed E-state index contributed by atoms with van der Waals surface area (Å²) in [4.78, 5) is 21.4. The van der Waals surface area contributed by atoms with Crippen LogP contribution in [-0.4, -0.2) is 21.5 Å². The highest BCUT2D eigenvalue weighted by Gasteiger charge is 2.18. The van der Waals surface area contributed by atoms with Crippen molar-refractivity contribution < 1.29 is 9.53 Å². The predicted octanol–water partition coefficient (Wildman–Crippen LogP) is 2.06. The second-order valence-electron chi connectivity index (χ2n) is 3.69. The Bertz CT molecular complexity index is 351. The van der Waals surface area contributed by atoms with Gasteiger partial charge in [0.2, 0.25) is 5.82 Å². The van der Waals surface area contributed by atoms with Crippen molar-refractivity contribution >= 4 is 11.9 Å². The highest BCUT2D eigenvalue weighted by molar-refractivity contribution is 5.70. The predicted molar refractivity (Wildman–Crippen MR) is 49.3 cm³/mol. The molecule has 6 nitrogen and oxygen atoms in total. The molecule has 6 heteroatoms. The molecule has 0 amide bonds. The van der Waals surface area contributed by atoms with Crippen LogP contribution in [0.1, 0.15) is 20.8 Å². The third kappa shape index (κ3) is 2.65. The second-order valence-corrected chi connectivity index (χ2v) is 3.69. The minimum absolute atomic E-state index is 0.0455. The van der Waals surface area contributed by atoms with Gasteiger partial charge in [-0.15, -0.1) is 10.0 Å². The molecule has 0 aliphatic heterocycles. The number of hydrogen-bond donors (Lipinski definition) is 0. The summed E-state index contributed by atoms with van der Waals surface area (Å²) in [5.41, 5.74) is -0.586. The number of carbonyl (C=O) groups excluding carboxylic acids is 1. The number of hydrogen-bond acceptors (Lipinski definition) is 5. The SMILES string of the molecule is CC(C)(C)OC(=O)n1ccc(N=O)n1. The largest absolute Gasteiger partial charge is 0.442 e. The van der Waals surface area contributed by atoms with Gasteiger partial charge in [0.1, 0.15) is 5.60 Å². The summed E-state index contributed by atoms with van der Waals surface area (Å²) < 4.78 is 5.93. The third-order valence-corrected chi connectivity index (χ3v) is 1.25. The standard InChI is InChI=1S/C8H11N3O3/c1-8(2,3)14-7(12)11-5-4-6(9-11)10-13/h4-5H,1-3H3. The van der Waals surface area contributed by atoms with Gasteiger partial charge in [0.25, 0.3) is 0 Å². The summed E-state index contributed by atoms with van der Waals surface area (Å²) in [5.74, 6) is -0.0455. The molecular formula is C8H11N3O3. The maximum absolute atomic E-state index is 11.3. The number of nitroso groups, excluding NO2 is 1. The Morgan fingerprint density at radius 3 is 2.64 bits per heavy atom. The van der Waals surface area contributed by atoms with Crippen molar-refractivity contribution in [3.63, 3.8) is 0 Å². The van der Waals surface area contributed by atoms with Gasteiger partial charge in [-0.3, -0.25) is 0 Å². The average molecular weight is 197 g/mol. The monoisotopic (exact) mass is 197 g/mol. The molecule has 0 radical (unpaired) electrons. The fourth-order valence-electron chi connectivity index (χ4n) is 0.773. The average Bonchev–Trinajstić information content (AvgIpc) is 2.48. The summed E-state index contributed by atoms with van der Waals surface area (Å²) in [5, 5.41) is 6.16. The summed E-state index contributed by atoms with van der Waals surface area (Å²) in [6.07, 6.45) is 0.692. The first kappa shape index (κ1) is 10.4. The Morgan fingerprint density at radius 2 is 2.21 bits per heavy atom. The van der Waals surface area contributed by atoms with Gasteiger partial charge in [-0.1, -0.05) is 0 Å². The van der Waals surface area contributed by atoms with E-state index in [1.807, 2.05) is 0 Å². The quantitative estimate of drug-likeness (QED) is 0.646. The topological polar surface area (TPSA) is 73.6 Å². The first-order valence-corrected chi connectivity index (χ1v) is 4.05. The van der Waals surface area contributed by atoms with E-state index in [2.05, 4.69) is 10.3 Å². The molecule has 0 aromatic carbocycles. The molecule has 0 saturated heterocycles. The second kappa shape index (κ2) is 3.57. The van der Waals surface area contributed by atoms with Crippen molar-refractivity contribution in [1.29, 1.82) is 0 Å². The van der Waals surface area contributed by atoms with E-state index in [0.717, 1.165) is 4.68 Å². The first-order valence-electron chi connectivity index (χ1n) is 4.05. The van der Waals surface area contributed by atoms with Crippen LogP contribution >= 0.6 is 0 Å². The Morgan fingerprint density at radius 1 is 1.57 bits per heavy atom. The van der Waals surface area contributed by atoms with Crippen LogP contribution < -0.4 is 0 Å². The number of carbonyl (C=O) groups is 1. The summed E-state index contributed by atoms with van der Waals surface area (Å²) in [6.45, 7) is 5.23. The normalized spacial score (nSPS) is 11.1. The van der Waals surface area contributed by atoms with Gasteiger partial charge in [-0.05, 0) is 25.9 Å². The molecule has 0 atom stereocenters. The van der Waals surface area contributed by atoms with Crippen LogP contribution in [-0.2, 0) is 4.74 Å². The van der Waals surface area contributed by atoms with E-state index in [1.54, 1.807) is 20.8 Å². The molecular weight excluding hydrogens is 186 g/mol. The Hall–Kier alpha value is -1.72. The molecule has 0 aliphatic rings. The zero-order chi connectivity index (χ0) is 10.8. The van der Waals surface area contributed by atoms with Crippen molar-refractivity contribution in [2.45, 2.75) is 26.4 Å². The molecule has 14 heavy (non-hydrogen) atoms. The minimum atomic E-state index is -0.632. The lowest BCUT2D eigenvalue weighted by Gasteiger charge is -2.18. The van der Waals surface area contributed by atoms with Crippen LogP contribution in [0, 0.1) is 4.91 Å². The van der Waals surface area contributed by atoms with Crippen LogP contribution in [0.2, 0.25) is 0 Å². The molecule has 0 unspecified atom stereocenters. The van der Waals surface area contributed by atoms with E-state index < -0.39 is 11.7 Å². The minimum Gasteiger partial charge on any atom is -0.442 e. The van der Waals surface area contributed by atoms with E-state index in [1.165, 1.54) is 12.3 Å². The molecule has 76 valence electrons. The van der Waals surface area contributed by atoms with E-state index >= 15 is 0 Å². The molecule has 1 heterocycles. The van der Waals surface area contributed by atoms with Gasteiger partial charge in [0, 0.05) is 12.3 Å². The fourth-order valence-corrected chi connectivity index (χ4v) is 0.773. The third-order valence-electron chi connectivity index (χ3n) is 1.25. The number of aromatic nitrogens is 2. The summed E-state index contributed by atoms with van der Waals surface area (Å²) >= 11 is 0. The van der Waals surface area contributed by atoms with E-state index in [-0.39, 0.29) is 5.82 Å². The highest BCUT2D eigenvalue weighted by atomic mass is 16.6. The van der Waals surface area contributed by atoms with Crippen LogP contribution in [0.15, 0.2) is 17.4 Å². The Balaban J connectivity index is 2.75. The number of nitrogens with zero attached hydrogens (tertiary/aromatic N) is 3. The molecule has 1 aromatic heterocycles. The smallest absolute Gasteiger partial charge is 0.435 e. The summed E-state index contributed by atoms with van der Waals surface area (Å²) in [7, 11) is 0. The maximum atomic E-state index is 11.3. The maximum Gasteiger partial charge on any atom is 0.435 e. The number of rotatable bonds is 1. The van der Waals surface area contributed by atoms with Crippen LogP contribution in [0.5, 0.6) is 0 Å². The summed E-state index contributed by atoms with van der Waals surface area (Å²) in [6, 6.07) is 1.33. The van der Waals surface area contributed by atoms with Gasteiger partial charge in [-0.25, -0.2) is 4.79 Å². The Labute approximate surface area is 80.8 Å². The molecule has 0 spiro atoms. The van der Waals surface area contributed by atoms with E-state index in [0.29, 0.717) is 0 Å². The van der Waals surface area contributed by atoms with Crippen LogP contribution in [0.4, 0.5) is 10.6 Å². The van der Waals surface area contributed by atoms with E-state index in [4.69, 9.17) is 4.74 Å².